The van der Waals surface area contributed by atoms with Gasteiger partial charge in [-0.2, -0.15) is 0 Å². The number of hydrogen-bond donors (Lipinski definition) is 1. The van der Waals surface area contributed by atoms with Crippen molar-refractivity contribution in [2.75, 3.05) is 19.0 Å². The molecule has 34 heavy (non-hydrogen) atoms. The summed E-state index contributed by atoms with van der Waals surface area (Å²) >= 11 is 1.34. The maximum Gasteiger partial charge on any atom is 0.341 e. The number of rotatable bonds is 6. The lowest BCUT2D eigenvalue weighted by Gasteiger charge is -2.14. The number of hydrogen-bond acceptors (Lipinski definition) is 8. The monoisotopic (exact) mass is 484 g/mol. The van der Waals surface area contributed by atoms with Crippen LogP contribution in [0.2, 0.25) is 0 Å². The van der Waals surface area contributed by atoms with Gasteiger partial charge in [0.2, 0.25) is 0 Å². The van der Waals surface area contributed by atoms with Gasteiger partial charge in [0.25, 0.3) is 17.7 Å². The van der Waals surface area contributed by atoms with E-state index in [0.717, 1.165) is 41.0 Å². The molecule has 0 atom stereocenters. The average Bonchev–Trinajstić information content (AvgIpc) is 3.27. The van der Waals surface area contributed by atoms with Crippen molar-refractivity contribution in [3.63, 3.8) is 0 Å². The molecule has 2 heterocycles. The molecule has 3 amide bonds. The van der Waals surface area contributed by atoms with Crippen LogP contribution in [0.5, 0.6) is 0 Å². The lowest BCUT2D eigenvalue weighted by atomic mass is 9.95. The van der Waals surface area contributed by atoms with Gasteiger partial charge in [-0.05, 0) is 63.3 Å². The Balaban J connectivity index is 1.44. The van der Waals surface area contributed by atoms with Crippen molar-refractivity contribution >= 4 is 46.0 Å². The predicted octanol–water partition coefficient (Wildman–Crippen LogP) is 3.21. The van der Waals surface area contributed by atoms with Crippen molar-refractivity contribution in [1.82, 2.24) is 4.90 Å². The minimum absolute atomic E-state index is 0.0517. The SMILES string of the molecule is CC(C)OC(=O)c1c(NC(=O)COC(=O)c2ccc3c(c2)C(=O)N(C)C3=O)sc2c1CCCC2. The molecule has 0 radical (unpaired) electrons. The van der Waals surface area contributed by atoms with E-state index in [1.807, 2.05) is 0 Å². The first-order valence-electron chi connectivity index (χ1n) is 11.0. The number of nitrogens with one attached hydrogen (secondary N) is 1. The van der Waals surface area contributed by atoms with E-state index in [9.17, 15) is 24.0 Å². The van der Waals surface area contributed by atoms with Crippen LogP contribution in [0.25, 0.3) is 0 Å². The first-order chi connectivity index (χ1) is 16.2. The summed E-state index contributed by atoms with van der Waals surface area (Å²) < 4.78 is 10.5. The largest absolute Gasteiger partial charge is 0.459 e. The summed E-state index contributed by atoms with van der Waals surface area (Å²) in [5, 5.41) is 3.08. The van der Waals surface area contributed by atoms with Crippen molar-refractivity contribution in [3.05, 3.63) is 50.9 Å². The van der Waals surface area contributed by atoms with Crippen LogP contribution < -0.4 is 5.32 Å². The Morgan fingerprint density at radius 2 is 1.76 bits per heavy atom. The van der Waals surface area contributed by atoms with Crippen LogP contribution in [-0.2, 0) is 27.1 Å². The molecule has 9 nitrogen and oxygen atoms in total. The van der Waals surface area contributed by atoms with Crippen molar-refractivity contribution in [2.45, 2.75) is 45.6 Å². The Labute approximate surface area is 200 Å². The standard InChI is InChI=1S/C24H24N2O7S/c1-12(2)33-24(31)19-15-6-4-5-7-17(15)34-20(19)25-18(27)11-32-23(30)13-8-9-14-16(10-13)22(29)26(3)21(14)28/h8-10,12H,4-7,11H2,1-3H3,(H,25,27). The van der Waals surface area contributed by atoms with Gasteiger partial charge in [-0.15, -0.1) is 11.3 Å². The van der Waals surface area contributed by atoms with Crippen LogP contribution in [0, 0.1) is 0 Å². The van der Waals surface area contributed by atoms with Crippen LogP contribution in [0.15, 0.2) is 18.2 Å². The molecule has 4 rings (SSSR count). The summed E-state index contributed by atoms with van der Waals surface area (Å²) in [7, 11) is 1.36. The Kier molecular flexibility index (Phi) is 6.52. The van der Waals surface area contributed by atoms with Gasteiger partial charge < -0.3 is 14.8 Å². The summed E-state index contributed by atoms with van der Waals surface area (Å²) in [5.41, 5.74) is 1.67. The van der Waals surface area contributed by atoms with Crippen LogP contribution in [0.3, 0.4) is 0 Å². The molecule has 0 saturated carbocycles. The molecule has 1 aromatic heterocycles. The second kappa shape index (κ2) is 9.38. The minimum Gasteiger partial charge on any atom is -0.459 e. The van der Waals surface area contributed by atoms with Gasteiger partial charge in [0.05, 0.1) is 28.4 Å². The summed E-state index contributed by atoms with van der Waals surface area (Å²) in [6, 6.07) is 4.04. The highest BCUT2D eigenvalue weighted by Crippen LogP contribution is 2.38. The smallest absolute Gasteiger partial charge is 0.341 e. The van der Waals surface area contributed by atoms with Crippen LogP contribution in [-0.4, -0.2) is 54.3 Å². The molecular formula is C24H24N2O7S. The molecule has 1 aromatic carbocycles. The quantitative estimate of drug-likeness (QED) is 0.494. The van der Waals surface area contributed by atoms with Crippen LogP contribution in [0.1, 0.15) is 78.6 Å². The van der Waals surface area contributed by atoms with Gasteiger partial charge >= 0.3 is 11.9 Å². The molecule has 1 N–H and O–H groups in total. The predicted molar refractivity (Wildman–Crippen MR) is 123 cm³/mol. The fourth-order valence-corrected chi connectivity index (χ4v) is 5.30. The number of fused-ring (bicyclic) bond motifs is 2. The van der Waals surface area contributed by atoms with E-state index in [1.165, 1.54) is 36.6 Å². The molecule has 1 aliphatic heterocycles. The molecule has 1 aliphatic carbocycles. The van der Waals surface area contributed by atoms with Gasteiger partial charge in [0, 0.05) is 11.9 Å². The molecule has 10 heteroatoms. The maximum absolute atomic E-state index is 12.7. The van der Waals surface area contributed by atoms with Crippen molar-refractivity contribution in [1.29, 1.82) is 0 Å². The minimum atomic E-state index is -0.808. The third-order valence-corrected chi connectivity index (χ3v) is 6.84. The molecule has 178 valence electrons. The summed E-state index contributed by atoms with van der Waals surface area (Å²) in [4.78, 5) is 63.8. The molecular weight excluding hydrogens is 460 g/mol. The van der Waals surface area contributed by atoms with Crippen LogP contribution in [0.4, 0.5) is 5.00 Å². The molecule has 0 saturated heterocycles. The molecule has 0 spiro atoms. The molecule has 0 fully saturated rings. The second-order valence-corrected chi connectivity index (χ2v) is 9.53. The number of benzene rings is 1. The summed E-state index contributed by atoms with van der Waals surface area (Å²) in [6.45, 7) is 2.94. The van der Waals surface area contributed by atoms with E-state index >= 15 is 0 Å². The number of anilines is 1. The molecule has 0 unspecified atom stereocenters. The third kappa shape index (κ3) is 4.45. The first-order valence-corrected chi connectivity index (χ1v) is 11.8. The number of imide groups is 1. The van der Waals surface area contributed by atoms with Gasteiger partial charge in [-0.25, -0.2) is 9.59 Å². The van der Waals surface area contributed by atoms with E-state index in [4.69, 9.17) is 9.47 Å². The second-order valence-electron chi connectivity index (χ2n) is 8.42. The first kappa shape index (κ1) is 23.6. The number of thiophene rings is 1. The highest BCUT2D eigenvalue weighted by molar-refractivity contribution is 7.17. The van der Waals surface area contributed by atoms with E-state index < -0.39 is 36.3 Å². The Hall–Kier alpha value is -3.53. The number of nitrogens with zero attached hydrogens (tertiary/aromatic N) is 1. The fourth-order valence-electron chi connectivity index (χ4n) is 4.01. The summed E-state index contributed by atoms with van der Waals surface area (Å²) in [6.07, 6.45) is 3.25. The van der Waals surface area contributed by atoms with Gasteiger partial charge in [0.15, 0.2) is 6.61 Å². The van der Waals surface area contributed by atoms with E-state index in [0.29, 0.717) is 10.6 Å². The van der Waals surface area contributed by atoms with Crippen molar-refractivity contribution in [2.24, 2.45) is 0 Å². The lowest BCUT2D eigenvalue weighted by Crippen LogP contribution is -2.24. The zero-order chi connectivity index (χ0) is 24.6. The highest BCUT2D eigenvalue weighted by Gasteiger charge is 2.33. The average molecular weight is 485 g/mol. The number of carbonyl (C=O) groups excluding carboxylic acids is 5. The summed E-state index contributed by atoms with van der Waals surface area (Å²) in [5.74, 6) is -2.83. The Morgan fingerprint density at radius 3 is 2.50 bits per heavy atom. The topological polar surface area (TPSA) is 119 Å². The Morgan fingerprint density at radius 1 is 1.06 bits per heavy atom. The van der Waals surface area contributed by atoms with E-state index in [-0.39, 0.29) is 22.8 Å². The highest BCUT2D eigenvalue weighted by atomic mass is 32.1. The van der Waals surface area contributed by atoms with Crippen molar-refractivity contribution in [3.8, 4) is 0 Å². The lowest BCUT2D eigenvalue weighted by molar-refractivity contribution is -0.119. The normalized spacial score (nSPS) is 14.6. The third-order valence-electron chi connectivity index (χ3n) is 5.63. The van der Waals surface area contributed by atoms with Crippen LogP contribution >= 0.6 is 11.3 Å². The molecule has 0 bridgehead atoms. The Bertz CT molecular complexity index is 1210. The van der Waals surface area contributed by atoms with E-state index in [1.54, 1.807) is 13.8 Å². The number of ether oxygens (including phenoxy) is 2. The molecule has 2 aliphatic rings. The molecule has 2 aromatic rings. The fraction of sp³-hybridized carbons (Fsp3) is 0.375. The van der Waals surface area contributed by atoms with Gasteiger partial charge in [-0.1, -0.05) is 0 Å². The number of esters is 2. The zero-order valence-electron chi connectivity index (χ0n) is 19.1. The van der Waals surface area contributed by atoms with Gasteiger partial charge in [0.1, 0.15) is 5.00 Å². The number of aryl methyl sites for hydroxylation is 1. The van der Waals surface area contributed by atoms with Crippen molar-refractivity contribution < 1.29 is 33.4 Å². The number of amides is 3. The van der Waals surface area contributed by atoms with E-state index in [2.05, 4.69) is 5.32 Å². The number of carbonyl (C=O) groups is 5. The maximum atomic E-state index is 12.7. The van der Waals surface area contributed by atoms with Gasteiger partial charge in [-0.3, -0.25) is 19.3 Å². The zero-order valence-corrected chi connectivity index (χ0v) is 19.9.